The maximum Gasteiger partial charge on any atom is 0.224 e. The van der Waals surface area contributed by atoms with Crippen molar-refractivity contribution in [3.8, 4) is 11.6 Å². The Morgan fingerprint density at radius 3 is 2.78 bits per heavy atom. The van der Waals surface area contributed by atoms with Crippen LogP contribution in [-0.2, 0) is 4.79 Å². The number of hydrogen-bond donors (Lipinski definition) is 3. The summed E-state index contributed by atoms with van der Waals surface area (Å²) < 4.78 is 7.67. The van der Waals surface area contributed by atoms with Crippen LogP contribution in [0.2, 0.25) is 0 Å². The number of rotatable bonds is 8. The van der Waals surface area contributed by atoms with Crippen molar-refractivity contribution in [2.24, 2.45) is 5.92 Å². The van der Waals surface area contributed by atoms with Crippen molar-refractivity contribution in [3.63, 3.8) is 0 Å². The summed E-state index contributed by atoms with van der Waals surface area (Å²) in [5, 5.41) is 21.1. The number of benzene rings is 1. The first kappa shape index (κ1) is 22.0. The van der Waals surface area contributed by atoms with Gasteiger partial charge in [0.05, 0.1) is 23.7 Å². The molecular formula is C23H30N6O3. The molecule has 1 amide bonds. The molecule has 9 nitrogen and oxygen atoms in total. The van der Waals surface area contributed by atoms with Crippen LogP contribution in [0.1, 0.15) is 39.5 Å². The molecule has 2 heterocycles. The largest absolute Gasteiger partial charge is 0.492 e. The van der Waals surface area contributed by atoms with Gasteiger partial charge in [0.1, 0.15) is 5.75 Å². The number of anilines is 1. The number of aliphatic hydroxyl groups excluding tert-OH is 1. The van der Waals surface area contributed by atoms with Gasteiger partial charge in [0.25, 0.3) is 0 Å². The fourth-order valence-electron chi connectivity index (χ4n) is 4.01. The van der Waals surface area contributed by atoms with E-state index in [1.165, 1.54) is 0 Å². The number of fused-ring (bicyclic) bond motifs is 1. The van der Waals surface area contributed by atoms with E-state index in [0.717, 1.165) is 42.3 Å². The average molecular weight is 439 g/mol. The summed E-state index contributed by atoms with van der Waals surface area (Å²) in [6, 6.07) is 8.16. The predicted octanol–water partition coefficient (Wildman–Crippen LogP) is 2.68. The Bertz CT molecular complexity index is 1060. The van der Waals surface area contributed by atoms with Crippen LogP contribution in [-0.4, -0.2) is 56.1 Å². The molecule has 1 atom stereocenters. The van der Waals surface area contributed by atoms with Crippen LogP contribution in [0.15, 0.2) is 36.7 Å². The smallest absolute Gasteiger partial charge is 0.224 e. The third-order valence-electron chi connectivity index (χ3n) is 5.73. The van der Waals surface area contributed by atoms with Crippen LogP contribution in [0.5, 0.6) is 5.75 Å². The van der Waals surface area contributed by atoms with Crippen LogP contribution < -0.4 is 15.4 Å². The highest BCUT2D eigenvalue weighted by molar-refractivity contribution is 5.86. The molecule has 2 aromatic heterocycles. The van der Waals surface area contributed by atoms with Crippen LogP contribution in [0.25, 0.3) is 16.7 Å². The molecular weight excluding hydrogens is 408 g/mol. The van der Waals surface area contributed by atoms with Gasteiger partial charge in [0.2, 0.25) is 11.9 Å². The van der Waals surface area contributed by atoms with E-state index in [1.807, 2.05) is 31.2 Å². The number of hydrogen-bond acceptors (Lipinski definition) is 7. The number of aliphatic hydroxyl groups is 1. The number of aromatic nitrogens is 4. The van der Waals surface area contributed by atoms with Crippen molar-refractivity contribution in [3.05, 3.63) is 36.7 Å². The third-order valence-corrected chi connectivity index (χ3v) is 5.73. The lowest BCUT2D eigenvalue weighted by molar-refractivity contribution is -0.119. The standard InChI is InChI=1S/C23H30N6O3/c1-15(13-30)14-32-21-5-3-4-20-19(21)12-25-29(20)22-10-11-24-23(28-22)27-18-8-6-17(7-9-18)26-16(2)31/h3-5,10-12,15,17-18,30H,6-9,13-14H2,1-2H3,(H,26,31)(H,24,27,28)/t15-,17-,18-/m0/s1. The molecule has 9 heteroatoms. The highest BCUT2D eigenvalue weighted by Gasteiger charge is 2.22. The summed E-state index contributed by atoms with van der Waals surface area (Å²) in [7, 11) is 0. The van der Waals surface area contributed by atoms with E-state index in [2.05, 4.69) is 25.7 Å². The molecule has 0 radical (unpaired) electrons. The number of ether oxygens (including phenoxy) is 1. The van der Waals surface area contributed by atoms with Gasteiger partial charge >= 0.3 is 0 Å². The van der Waals surface area contributed by atoms with E-state index in [0.29, 0.717) is 18.4 Å². The first-order valence-electron chi connectivity index (χ1n) is 11.1. The van der Waals surface area contributed by atoms with E-state index in [-0.39, 0.29) is 30.5 Å². The van der Waals surface area contributed by atoms with E-state index in [9.17, 15) is 9.90 Å². The van der Waals surface area contributed by atoms with E-state index in [1.54, 1.807) is 24.0 Å². The Hall–Kier alpha value is -3.20. The van der Waals surface area contributed by atoms with Gasteiger partial charge in [-0.3, -0.25) is 4.79 Å². The Morgan fingerprint density at radius 1 is 1.25 bits per heavy atom. The topological polar surface area (TPSA) is 114 Å². The lowest BCUT2D eigenvalue weighted by Gasteiger charge is -2.29. The summed E-state index contributed by atoms with van der Waals surface area (Å²) in [6.45, 7) is 4.02. The summed E-state index contributed by atoms with van der Waals surface area (Å²) in [5.74, 6) is 2.06. The third kappa shape index (κ3) is 5.16. The lowest BCUT2D eigenvalue weighted by Crippen LogP contribution is -2.39. The van der Waals surface area contributed by atoms with Crippen molar-refractivity contribution in [2.45, 2.75) is 51.6 Å². The van der Waals surface area contributed by atoms with Crippen molar-refractivity contribution in [1.82, 2.24) is 25.1 Å². The molecule has 0 spiro atoms. The van der Waals surface area contributed by atoms with Gasteiger partial charge in [0, 0.05) is 43.8 Å². The van der Waals surface area contributed by atoms with Crippen LogP contribution in [0, 0.1) is 5.92 Å². The highest BCUT2D eigenvalue weighted by Crippen LogP contribution is 2.27. The van der Waals surface area contributed by atoms with Gasteiger partial charge in [-0.2, -0.15) is 10.1 Å². The van der Waals surface area contributed by atoms with Gasteiger partial charge < -0.3 is 20.5 Å². The second-order valence-corrected chi connectivity index (χ2v) is 8.48. The molecule has 4 rings (SSSR count). The minimum Gasteiger partial charge on any atom is -0.492 e. The Morgan fingerprint density at radius 2 is 2.03 bits per heavy atom. The number of nitrogens with one attached hydrogen (secondary N) is 2. The molecule has 1 aliphatic carbocycles. The summed E-state index contributed by atoms with van der Waals surface area (Å²) in [4.78, 5) is 20.3. The summed E-state index contributed by atoms with van der Waals surface area (Å²) >= 11 is 0. The minimum absolute atomic E-state index is 0.0281. The fourth-order valence-corrected chi connectivity index (χ4v) is 4.01. The Kier molecular flexibility index (Phi) is 6.84. The normalized spacial score (nSPS) is 19.5. The Labute approximate surface area is 187 Å². The molecule has 0 unspecified atom stereocenters. The quantitative estimate of drug-likeness (QED) is 0.495. The zero-order valence-electron chi connectivity index (χ0n) is 18.5. The maximum atomic E-state index is 11.3. The van der Waals surface area contributed by atoms with Crippen molar-refractivity contribution in [1.29, 1.82) is 0 Å². The first-order chi connectivity index (χ1) is 15.5. The molecule has 0 saturated heterocycles. The van der Waals surface area contributed by atoms with Crippen LogP contribution in [0.4, 0.5) is 5.95 Å². The summed E-state index contributed by atoms with van der Waals surface area (Å²) in [5.41, 5.74) is 0.889. The number of nitrogens with zero attached hydrogens (tertiary/aromatic N) is 4. The van der Waals surface area contributed by atoms with Crippen molar-refractivity contribution >= 4 is 22.8 Å². The predicted molar refractivity (Wildman–Crippen MR) is 122 cm³/mol. The Balaban J connectivity index is 1.47. The second-order valence-electron chi connectivity index (χ2n) is 8.48. The molecule has 1 aliphatic rings. The fraction of sp³-hybridized carbons (Fsp3) is 0.478. The van der Waals surface area contributed by atoms with Gasteiger partial charge in [0.15, 0.2) is 5.82 Å². The van der Waals surface area contributed by atoms with Crippen LogP contribution in [0.3, 0.4) is 0 Å². The molecule has 32 heavy (non-hydrogen) atoms. The number of amides is 1. The van der Waals surface area contributed by atoms with Gasteiger partial charge in [-0.05, 0) is 37.8 Å². The van der Waals surface area contributed by atoms with Crippen molar-refractivity contribution in [2.75, 3.05) is 18.5 Å². The number of carbonyl (C=O) groups excluding carboxylic acids is 1. The van der Waals surface area contributed by atoms with Gasteiger partial charge in [-0.15, -0.1) is 0 Å². The van der Waals surface area contributed by atoms with Gasteiger partial charge in [-0.1, -0.05) is 13.0 Å². The van der Waals surface area contributed by atoms with Crippen molar-refractivity contribution < 1.29 is 14.6 Å². The molecule has 3 aromatic rings. The van der Waals surface area contributed by atoms with Gasteiger partial charge in [-0.25, -0.2) is 9.67 Å². The second kappa shape index (κ2) is 9.95. The lowest BCUT2D eigenvalue weighted by atomic mass is 9.91. The van der Waals surface area contributed by atoms with E-state index in [4.69, 9.17) is 4.74 Å². The molecule has 0 aliphatic heterocycles. The maximum absolute atomic E-state index is 11.3. The molecule has 1 aromatic carbocycles. The first-order valence-corrected chi connectivity index (χ1v) is 11.1. The molecule has 0 bridgehead atoms. The average Bonchev–Trinajstić information content (AvgIpc) is 3.23. The molecule has 3 N–H and O–H groups in total. The molecule has 1 fully saturated rings. The van der Waals surface area contributed by atoms with E-state index >= 15 is 0 Å². The zero-order chi connectivity index (χ0) is 22.5. The molecule has 1 saturated carbocycles. The van der Waals surface area contributed by atoms with Crippen LogP contribution >= 0.6 is 0 Å². The minimum atomic E-state index is 0.0281. The molecule has 170 valence electrons. The highest BCUT2D eigenvalue weighted by atomic mass is 16.5. The SMILES string of the molecule is CC(=O)N[C@H]1CC[C@H](Nc2nccc(-n3ncc4c(OC[C@@H](C)CO)cccc43)n2)CC1. The van der Waals surface area contributed by atoms with E-state index < -0.39 is 0 Å². The monoisotopic (exact) mass is 438 g/mol. The summed E-state index contributed by atoms with van der Waals surface area (Å²) in [6.07, 6.45) is 7.29. The number of carbonyl (C=O) groups is 1. The zero-order valence-corrected chi connectivity index (χ0v) is 18.5.